The molecule has 1 heteroatoms. The van der Waals surface area contributed by atoms with Crippen LogP contribution in [0.15, 0.2) is 54.1 Å². The van der Waals surface area contributed by atoms with E-state index in [9.17, 15) is 0 Å². The van der Waals surface area contributed by atoms with Gasteiger partial charge in [0.05, 0.1) is 0 Å². The zero-order chi connectivity index (χ0) is 17.7. The third-order valence-corrected chi connectivity index (χ3v) is 3.15. The molecule has 0 bridgehead atoms. The molecule has 2 rings (SSSR count). The van der Waals surface area contributed by atoms with Crippen LogP contribution in [0.25, 0.3) is 6.08 Å². The molecule has 0 spiro atoms. The van der Waals surface area contributed by atoms with E-state index in [0.29, 0.717) is 0 Å². The molecule has 0 amide bonds. The van der Waals surface area contributed by atoms with E-state index in [4.69, 9.17) is 11.6 Å². The van der Waals surface area contributed by atoms with Gasteiger partial charge in [-0.15, -0.1) is 11.8 Å². The SMILES string of the molecule is CC#CC.CC(C)=Cc1ccccc1C.Cc1ccc(Cl)cc1. The van der Waals surface area contributed by atoms with Crippen molar-refractivity contribution in [2.24, 2.45) is 0 Å². The number of benzene rings is 2. The van der Waals surface area contributed by atoms with Gasteiger partial charge in [-0.3, -0.25) is 0 Å². The van der Waals surface area contributed by atoms with E-state index in [2.05, 4.69) is 63.0 Å². The molecule has 23 heavy (non-hydrogen) atoms. The summed E-state index contributed by atoms with van der Waals surface area (Å²) < 4.78 is 0. The van der Waals surface area contributed by atoms with Crippen molar-refractivity contribution >= 4 is 17.7 Å². The molecule has 2 aromatic rings. The van der Waals surface area contributed by atoms with Crippen molar-refractivity contribution in [3.63, 3.8) is 0 Å². The number of hydrogen-bond donors (Lipinski definition) is 0. The van der Waals surface area contributed by atoms with Crippen molar-refractivity contribution in [3.8, 4) is 11.8 Å². The highest BCUT2D eigenvalue weighted by Crippen LogP contribution is 2.10. The Kier molecular flexibility index (Phi) is 11.5. The van der Waals surface area contributed by atoms with E-state index in [1.54, 1.807) is 0 Å². The number of aryl methyl sites for hydroxylation is 2. The molecule has 0 heterocycles. The summed E-state index contributed by atoms with van der Waals surface area (Å²) in [5, 5.41) is 0.801. The van der Waals surface area contributed by atoms with Crippen LogP contribution in [0.2, 0.25) is 5.02 Å². The third kappa shape index (κ3) is 11.3. The lowest BCUT2D eigenvalue weighted by Gasteiger charge is -1.98. The van der Waals surface area contributed by atoms with Gasteiger partial charge in [0.15, 0.2) is 0 Å². The number of hydrogen-bond acceptors (Lipinski definition) is 0. The average Bonchev–Trinajstić information content (AvgIpc) is 2.53. The highest BCUT2D eigenvalue weighted by atomic mass is 35.5. The van der Waals surface area contributed by atoms with Crippen molar-refractivity contribution in [3.05, 3.63) is 75.8 Å². The highest BCUT2D eigenvalue weighted by Gasteiger charge is 1.90. The normalized spacial score (nSPS) is 8.30. The van der Waals surface area contributed by atoms with Gasteiger partial charge in [-0.25, -0.2) is 0 Å². The van der Waals surface area contributed by atoms with Crippen molar-refractivity contribution in [1.82, 2.24) is 0 Å². The zero-order valence-electron chi connectivity index (χ0n) is 15.1. The van der Waals surface area contributed by atoms with Crippen LogP contribution in [-0.4, -0.2) is 0 Å². The molecule has 0 aliphatic heterocycles. The molecule has 0 aliphatic carbocycles. The molecule has 0 nitrogen and oxygen atoms in total. The quantitative estimate of drug-likeness (QED) is 0.490. The molecule has 0 fully saturated rings. The van der Waals surface area contributed by atoms with Gasteiger partial charge in [-0.2, -0.15) is 0 Å². The van der Waals surface area contributed by atoms with E-state index in [0.717, 1.165) is 5.02 Å². The molecule has 0 unspecified atom stereocenters. The fourth-order valence-electron chi connectivity index (χ4n) is 1.59. The maximum Gasteiger partial charge on any atom is 0.0406 e. The summed E-state index contributed by atoms with van der Waals surface area (Å²) >= 11 is 5.61. The van der Waals surface area contributed by atoms with Crippen LogP contribution in [-0.2, 0) is 0 Å². The summed E-state index contributed by atoms with van der Waals surface area (Å²) in [5.41, 5.74) is 5.26. The summed E-state index contributed by atoms with van der Waals surface area (Å²) in [7, 11) is 0. The van der Waals surface area contributed by atoms with Crippen LogP contribution in [0.4, 0.5) is 0 Å². The zero-order valence-corrected chi connectivity index (χ0v) is 15.8. The standard InChI is InChI=1S/C11H14.C7H7Cl.C4H6/c1-9(2)8-11-7-5-4-6-10(11)3;1-6-2-4-7(8)5-3-6;1-3-4-2/h4-8H,1-3H3;2-5H,1H3;1-2H3. The molecule has 122 valence electrons. The number of rotatable bonds is 1. The van der Waals surface area contributed by atoms with Gasteiger partial charge < -0.3 is 0 Å². The Hall–Kier alpha value is -1.97. The van der Waals surface area contributed by atoms with Crippen molar-refractivity contribution in [2.45, 2.75) is 41.5 Å². The van der Waals surface area contributed by atoms with Crippen molar-refractivity contribution < 1.29 is 0 Å². The van der Waals surface area contributed by atoms with Crippen molar-refractivity contribution in [2.75, 3.05) is 0 Å². The second-order valence-electron chi connectivity index (χ2n) is 5.37. The molecule has 0 radical (unpaired) electrons. The van der Waals surface area contributed by atoms with Gasteiger partial charge in [0.25, 0.3) is 0 Å². The Labute approximate surface area is 147 Å². The fraction of sp³-hybridized carbons (Fsp3) is 0.273. The first-order valence-electron chi connectivity index (χ1n) is 7.67. The second kappa shape index (κ2) is 12.6. The third-order valence-electron chi connectivity index (χ3n) is 2.89. The van der Waals surface area contributed by atoms with Crippen LogP contribution >= 0.6 is 11.6 Å². The molecule has 0 aliphatic rings. The summed E-state index contributed by atoms with van der Waals surface area (Å²) in [5.74, 6) is 5.36. The first-order valence-corrected chi connectivity index (χ1v) is 8.04. The second-order valence-corrected chi connectivity index (χ2v) is 5.81. The lowest BCUT2D eigenvalue weighted by atomic mass is 10.1. The molecule has 0 N–H and O–H groups in total. The van der Waals surface area contributed by atoms with Crippen LogP contribution in [0.1, 0.15) is 44.4 Å². The maximum absolute atomic E-state index is 5.61. The van der Waals surface area contributed by atoms with Gasteiger partial charge >= 0.3 is 0 Å². The fourth-order valence-corrected chi connectivity index (χ4v) is 1.72. The van der Waals surface area contributed by atoms with Crippen LogP contribution in [0.3, 0.4) is 0 Å². The Balaban J connectivity index is 0.000000354. The Morgan fingerprint density at radius 3 is 1.78 bits per heavy atom. The van der Waals surface area contributed by atoms with E-state index >= 15 is 0 Å². The molecule has 0 saturated carbocycles. The smallest absolute Gasteiger partial charge is 0.0406 e. The monoisotopic (exact) mass is 326 g/mol. The molecule has 0 atom stereocenters. The van der Waals surface area contributed by atoms with Gasteiger partial charge in [0.1, 0.15) is 0 Å². The molecule has 0 aromatic heterocycles. The molecular formula is C22H27Cl. The largest absolute Gasteiger partial charge is 0.107 e. The minimum absolute atomic E-state index is 0.801. The first-order chi connectivity index (χ1) is 10.9. The minimum atomic E-state index is 0.801. The van der Waals surface area contributed by atoms with Crippen LogP contribution in [0, 0.1) is 25.7 Å². The lowest BCUT2D eigenvalue weighted by Crippen LogP contribution is -1.78. The minimum Gasteiger partial charge on any atom is -0.107 e. The van der Waals surface area contributed by atoms with Gasteiger partial charge in [0.2, 0.25) is 0 Å². The maximum atomic E-state index is 5.61. The number of halogens is 1. The van der Waals surface area contributed by atoms with E-state index < -0.39 is 0 Å². The Bertz CT molecular complexity index is 621. The summed E-state index contributed by atoms with van der Waals surface area (Å²) in [6.45, 7) is 12.0. The Morgan fingerprint density at radius 1 is 0.870 bits per heavy atom. The van der Waals surface area contributed by atoms with Gasteiger partial charge in [-0.05, 0) is 64.8 Å². The average molecular weight is 327 g/mol. The predicted molar refractivity (Wildman–Crippen MR) is 106 cm³/mol. The first kappa shape index (κ1) is 21.0. The van der Waals surface area contributed by atoms with Gasteiger partial charge in [-0.1, -0.05) is 65.2 Å². The van der Waals surface area contributed by atoms with Crippen LogP contribution < -0.4 is 0 Å². The Morgan fingerprint density at radius 2 is 1.39 bits per heavy atom. The van der Waals surface area contributed by atoms with E-state index in [1.807, 2.05) is 45.0 Å². The molecule has 0 saturated heterocycles. The predicted octanol–water partition coefficient (Wildman–Crippen LogP) is 7.10. The summed E-state index contributed by atoms with van der Waals surface area (Å²) in [6.07, 6.45) is 2.20. The topological polar surface area (TPSA) is 0 Å². The van der Waals surface area contributed by atoms with Crippen LogP contribution in [0.5, 0.6) is 0 Å². The van der Waals surface area contributed by atoms with Crippen molar-refractivity contribution in [1.29, 1.82) is 0 Å². The highest BCUT2D eigenvalue weighted by molar-refractivity contribution is 6.30. The van der Waals surface area contributed by atoms with E-state index in [1.165, 1.54) is 22.3 Å². The molecule has 2 aromatic carbocycles. The summed E-state index contributed by atoms with van der Waals surface area (Å²) in [4.78, 5) is 0. The molecular weight excluding hydrogens is 300 g/mol. The number of allylic oxidation sites excluding steroid dienone is 1. The lowest BCUT2D eigenvalue weighted by molar-refractivity contribution is 1.39. The summed E-state index contributed by atoms with van der Waals surface area (Å²) in [6, 6.07) is 16.2. The van der Waals surface area contributed by atoms with Gasteiger partial charge in [0, 0.05) is 5.02 Å². The van der Waals surface area contributed by atoms with E-state index in [-0.39, 0.29) is 0 Å².